The van der Waals surface area contributed by atoms with Gasteiger partial charge in [0.2, 0.25) is 0 Å². The molecule has 1 aromatic carbocycles. The van der Waals surface area contributed by atoms with Gasteiger partial charge < -0.3 is 9.84 Å². The Morgan fingerprint density at radius 1 is 1.44 bits per heavy atom. The summed E-state index contributed by atoms with van der Waals surface area (Å²) in [5.74, 6) is -4.73. The molecule has 0 aliphatic rings. The van der Waals surface area contributed by atoms with Gasteiger partial charge in [-0.25, -0.2) is 4.39 Å². The van der Waals surface area contributed by atoms with Crippen LogP contribution in [0.1, 0.15) is 18.4 Å². The Labute approximate surface area is 91.7 Å². The fourth-order valence-corrected chi connectivity index (χ4v) is 1.30. The van der Waals surface area contributed by atoms with E-state index in [1.165, 1.54) is 18.2 Å². The van der Waals surface area contributed by atoms with E-state index < -0.39 is 23.7 Å². The van der Waals surface area contributed by atoms with Crippen molar-refractivity contribution in [3.63, 3.8) is 0 Å². The van der Waals surface area contributed by atoms with Crippen molar-refractivity contribution in [2.24, 2.45) is 0 Å². The topological polar surface area (TPSA) is 63.6 Å². The predicted molar refractivity (Wildman–Crippen MR) is 53.4 cm³/mol. The Balaban J connectivity index is 3.08. The average molecular weight is 226 g/mol. The molecule has 1 unspecified atom stereocenters. The number of carbonyl (C=O) groups excluding carboxylic acids is 1. The highest BCUT2D eigenvalue weighted by Gasteiger charge is 2.31. The number of rotatable bonds is 4. The van der Waals surface area contributed by atoms with E-state index in [0.717, 1.165) is 6.07 Å². The third kappa shape index (κ3) is 2.56. The molecule has 0 amide bonds. The van der Waals surface area contributed by atoms with Crippen LogP contribution in [0, 0.1) is 5.82 Å². The molecule has 0 bridgehead atoms. The number of hydrogen-bond acceptors (Lipinski definition) is 3. The minimum Gasteiger partial charge on any atom is -0.480 e. The zero-order valence-corrected chi connectivity index (χ0v) is 8.64. The first-order valence-electron chi connectivity index (χ1n) is 4.71. The number of aliphatic carboxylic acids is 1. The van der Waals surface area contributed by atoms with Crippen LogP contribution in [0.5, 0.6) is 0 Å². The van der Waals surface area contributed by atoms with E-state index in [4.69, 9.17) is 5.11 Å². The van der Waals surface area contributed by atoms with E-state index in [0.29, 0.717) is 0 Å². The van der Waals surface area contributed by atoms with E-state index in [1.54, 1.807) is 6.92 Å². The molecule has 0 saturated heterocycles. The molecular formula is C11H11FO4. The molecule has 1 atom stereocenters. The van der Waals surface area contributed by atoms with E-state index in [1.807, 2.05) is 0 Å². The molecule has 0 saturated carbocycles. The average Bonchev–Trinajstić information content (AvgIpc) is 2.21. The van der Waals surface area contributed by atoms with Crippen molar-refractivity contribution in [3.8, 4) is 0 Å². The van der Waals surface area contributed by atoms with Crippen LogP contribution >= 0.6 is 0 Å². The molecule has 1 rings (SSSR count). The Hall–Kier alpha value is -1.91. The van der Waals surface area contributed by atoms with Crippen molar-refractivity contribution < 1.29 is 23.8 Å². The molecule has 16 heavy (non-hydrogen) atoms. The van der Waals surface area contributed by atoms with Gasteiger partial charge in [-0.05, 0) is 13.0 Å². The minimum atomic E-state index is -1.61. The number of esters is 1. The molecule has 4 nitrogen and oxygen atoms in total. The third-order valence-electron chi connectivity index (χ3n) is 1.99. The van der Waals surface area contributed by atoms with Gasteiger partial charge in [-0.3, -0.25) is 9.59 Å². The monoisotopic (exact) mass is 226 g/mol. The highest BCUT2D eigenvalue weighted by Crippen LogP contribution is 2.20. The highest BCUT2D eigenvalue weighted by atomic mass is 19.1. The second-order valence-corrected chi connectivity index (χ2v) is 3.04. The Bertz CT molecular complexity index is 403. The summed E-state index contributed by atoms with van der Waals surface area (Å²) >= 11 is 0. The Kier molecular flexibility index (Phi) is 3.99. The van der Waals surface area contributed by atoms with Gasteiger partial charge in [0.05, 0.1) is 6.61 Å². The van der Waals surface area contributed by atoms with E-state index >= 15 is 0 Å². The van der Waals surface area contributed by atoms with E-state index in [-0.39, 0.29) is 12.2 Å². The van der Waals surface area contributed by atoms with E-state index in [9.17, 15) is 14.0 Å². The second kappa shape index (κ2) is 5.25. The van der Waals surface area contributed by atoms with Gasteiger partial charge in [0, 0.05) is 5.56 Å². The number of carboxylic acid groups (broad SMARTS) is 1. The summed E-state index contributed by atoms with van der Waals surface area (Å²) in [7, 11) is 0. The quantitative estimate of drug-likeness (QED) is 0.625. The smallest absolute Gasteiger partial charge is 0.324 e. The van der Waals surface area contributed by atoms with Gasteiger partial charge in [-0.2, -0.15) is 0 Å². The number of halogens is 1. The van der Waals surface area contributed by atoms with Gasteiger partial charge in [0.1, 0.15) is 5.82 Å². The van der Waals surface area contributed by atoms with Gasteiger partial charge in [-0.1, -0.05) is 18.2 Å². The van der Waals surface area contributed by atoms with Crippen LogP contribution in [-0.4, -0.2) is 23.7 Å². The molecule has 0 aliphatic carbocycles. The number of carboxylic acids is 1. The predicted octanol–water partition coefficient (Wildman–Crippen LogP) is 1.56. The molecule has 5 heteroatoms. The molecule has 0 fully saturated rings. The molecule has 1 aromatic rings. The van der Waals surface area contributed by atoms with Crippen LogP contribution in [0.3, 0.4) is 0 Å². The number of carbonyl (C=O) groups is 2. The minimum absolute atomic E-state index is 0.0526. The first-order valence-corrected chi connectivity index (χ1v) is 4.71. The van der Waals surface area contributed by atoms with Crippen LogP contribution in [0.2, 0.25) is 0 Å². The summed E-state index contributed by atoms with van der Waals surface area (Å²) in [6, 6.07) is 5.24. The number of benzene rings is 1. The molecule has 0 heterocycles. The largest absolute Gasteiger partial charge is 0.480 e. The summed E-state index contributed by atoms with van der Waals surface area (Å²) in [4.78, 5) is 22.3. The third-order valence-corrected chi connectivity index (χ3v) is 1.99. The van der Waals surface area contributed by atoms with Crippen LogP contribution < -0.4 is 0 Å². The van der Waals surface area contributed by atoms with Gasteiger partial charge in [0.25, 0.3) is 0 Å². The van der Waals surface area contributed by atoms with Gasteiger partial charge >= 0.3 is 11.9 Å². The standard InChI is InChI=1S/C11H11FO4/c1-2-16-11(15)9(10(13)14)7-5-3-4-6-8(7)12/h3-6,9H,2H2,1H3,(H,13,14). The van der Waals surface area contributed by atoms with Crippen molar-refractivity contribution in [1.29, 1.82) is 0 Å². The first kappa shape index (κ1) is 12.2. The van der Waals surface area contributed by atoms with Crippen molar-refractivity contribution in [2.45, 2.75) is 12.8 Å². The highest BCUT2D eigenvalue weighted by molar-refractivity contribution is 5.99. The van der Waals surface area contributed by atoms with Crippen molar-refractivity contribution >= 4 is 11.9 Å². The lowest BCUT2D eigenvalue weighted by molar-refractivity contribution is -0.153. The fourth-order valence-electron chi connectivity index (χ4n) is 1.30. The molecule has 0 aromatic heterocycles. The molecule has 1 N–H and O–H groups in total. The van der Waals surface area contributed by atoms with Crippen LogP contribution in [0.4, 0.5) is 4.39 Å². The van der Waals surface area contributed by atoms with Crippen LogP contribution in [0.25, 0.3) is 0 Å². The van der Waals surface area contributed by atoms with Crippen molar-refractivity contribution in [1.82, 2.24) is 0 Å². The van der Waals surface area contributed by atoms with E-state index in [2.05, 4.69) is 4.74 Å². The van der Waals surface area contributed by atoms with Crippen LogP contribution in [-0.2, 0) is 14.3 Å². The SMILES string of the molecule is CCOC(=O)C(C(=O)O)c1ccccc1F. The lowest BCUT2D eigenvalue weighted by Gasteiger charge is -2.11. The van der Waals surface area contributed by atoms with Gasteiger partial charge in [-0.15, -0.1) is 0 Å². The molecule has 86 valence electrons. The normalized spacial score (nSPS) is 11.9. The fraction of sp³-hybridized carbons (Fsp3) is 0.273. The number of hydrogen-bond donors (Lipinski definition) is 1. The maximum atomic E-state index is 13.3. The van der Waals surface area contributed by atoms with Crippen molar-refractivity contribution in [3.05, 3.63) is 35.6 Å². The van der Waals surface area contributed by atoms with Crippen LogP contribution in [0.15, 0.2) is 24.3 Å². The zero-order chi connectivity index (χ0) is 12.1. The summed E-state index contributed by atoms with van der Waals surface area (Å²) in [5, 5.41) is 8.88. The molecule has 0 radical (unpaired) electrons. The Morgan fingerprint density at radius 3 is 2.56 bits per heavy atom. The maximum Gasteiger partial charge on any atom is 0.324 e. The molecule has 0 aliphatic heterocycles. The summed E-state index contributed by atoms with van der Waals surface area (Å²) in [6.07, 6.45) is 0. The molecule has 0 spiro atoms. The lowest BCUT2D eigenvalue weighted by atomic mass is 9.99. The number of ether oxygens (including phenoxy) is 1. The zero-order valence-electron chi connectivity index (χ0n) is 8.64. The van der Waals surface area contributed by atoms with Gasteiger partial charge in [0.15, 0.2) is 5.92 Å². The summed E-state index contributed by atoms with van der Waals surface area (Å²) < 4.78 is 17.9. The Morgan fingerprint density at radius 2 is 2.06 bits per heavy atom. The molecular weight excluding hydrogens is 215 g/mol. The first-order chi connectivity index (χ1) is 7.57. The summed E-state index contributed by atoms with van der Waals surface area (Å²) in [5.41, 5.74) is -0.187. The summed E-state index contributed by atoms with van der Waals surface area (Å²) in [6.45, 7) is 1.61. The van der Waals surface area contributed by atoms with Crippen molar-refractivity contribution in [2.75, 3.05) is 6.61 Å². The lowest BCUT2D eigenvalue weighted by Crippen LogP contribution is -2.24. The second-order valence-electron chi connectivity index (χ2n) is 3.04. The maximum absolute atomic E-state index is 13.3.